The van der Waals surface area contributed by atoms with E-state index in [4.69, 9.17) is 9.47 Å². The van der Waals surface area contributed by atoms with Gasteiger partial charge in [0, 0.05) is 5.56 Å². The number of amides is 2. The highest BCUT2D eigenvalue weighted by Crippen LogP contribution is 2.32. The zero-order valence-electron chi connectivity index (χ0n) is 16.8. The van der Waals surface area contributed by atoms with Gasteiger partial charge in [-0.25, -0.2) is 0 Å². The molecular formula is C24H22N2O4. The van der Waals surface area contributed by atoms with Gasteiger partial charge in [0.05, 0.1) is 25.0 Å². The first-order chi connectivity index (χ1) is 14.5. The standard InChI is InChI=1S/C24H22N2O4/c1-16-7-12-21(29-2)19(13-16)25-24(28)18-10-8-17(9-11-18)14-26-20-5-3-4-6-22(20)30-15-23(26)27/h3-13H,14-15H2,1-2H3,(H,25,28). The largest absolute Gasteiger partial charge is 0.495 e. The summed E-state index contributed by atoms with van der Waals surface area (Å²) in [5.74, 6) is 0.982. The van der Waals surface area contributed by atoms with Crippen molar-refractivity contribution in [3.8, 4) is 11.5 Å². The fraction of sp³-hybridized carbons (Fsp3) is 0.167. The van der Waals surface area contributed by atoms with Crippen molar-refractivity contribution in [2.75, 3.05) is 23.9 Å². The Balaban J connectivity index is 1.49. The molecule has 0 saturated carbocycles. The number of methoxy groups -OCH3 is 1. The lowest BCUT2D eigenvalue weighted by molar-refractivity contribution is -0.121. The second-order valence-corrected chi connectivity index (χ2v) is 7.09. The molecule has 4 rings (SSSR count). The number of hydrogen-bond acceptors (Lipinski definition) is 4. The Kier molecular flexibility index (Phi) is 5.39. The molecule has 0 bridgehead atoms. The first kappa shape index (κ1) is 19.5. The first-order valence-corrected chi connectivity index (χ1v) is 9.62. The van der Waals surface area contributed by atoms with E-state index in [1.54, 1.807) is 24.1 Å². The van der Waals surface area contributed by atoms with Gasteiger partial charge in [-0.15, -0.1) is 0 Å². The van der Waals surface area contributed by atoms with E-state index in [9.17, 15) is 9.59 Å². The molecule has 152 valence electrons. The zero-order chi connectivity index (χ0) is 21.1. The van der Waals surface area contributed by atoms with Gasteiger partial charge in [-0.05, 0) is 54.4 Å². The van der Waals surface area contributed by atoms with Crippen LogP contribution in [0.2, 0.25) is 0 Å². The lowest BCUT2D eigenvalue weighted by Gasteiger charge is -2.29. The second-order valence-electron chi connectivity index (χ2n) is 7.09. The van der Waals surface area contributed by atoms with Crippen LogP contribution in [0.25, 0.3) is 0 Å². The number of carbonyl (C=O) groups excluding carboxylic acids is 2. The maximum Gasteiger partial charge on any atom is 0.265 e. The minimum Gasteiger partial charge on any atom is -0.495 e. The maximum absolute atomic E-state index is 12.7. The van der Waals surface area contributed by atoms with Crippen LogP contribution in [-0.4, -0.2) is 25.5 Å². The molecule has 0 fully saturated rings. The number of carbonyl (C=O) groups is 2. The quantitative estimate of drug-likeness (QED) is 0.695. The number of para-hydroxylation sites is 2. The van der Waals surface area contributed by atoms with E-state index >= 15 is 0 Å². The minimum absolute atomic E-state index is 0.0236. The van der Waals surface area contributed by atoms with Crippen LogP contribution in [0.1, 0.15) is 21.5 Å². The topological polar surface area (TPSA) is 67.9 Å². The van der Waals surface area contributed by atoms with Gasteiger partial charge >= 0.3 is 0 Å². The Morgan fingerprint density at radius 2 is 1.87 bits per heavy atom. The van der Waals surface area contributed by atoms with Gasteiger partial charge in [-0.2, -0.15) is 0 Å². The Labute approximate surface area is 175 Å². The molecule has 0 spiro atoms. The molecule has 0 aliphatic carbocycles. The fourth-order valence-corrected chi connectivity index (χ4v) is 3.39. The molecule has 3 aromatic carbocycles. The van der Waals surface area contributed by atoms with E-state index in [0.717, 1.165) is 16.8 Å². The average Bonchev–Trinajstić information content (AvgIpc) is 2.76. The van der Waals surface area contributed by atoms with Crippen LogP contribution in [0.3, 0.4) is 0 Å². The third-order valence-electron chi connectivity index (χ3n) is 4.97. The van der Waals surface area contributed by atoms with Crippen molar-refractivity contribution in [1.29, 1.82) is 0 Å². The predicted octanol–water partition coefficient (Wildman–Crippen LogP) is 4.18. The van der Waals surface area contributed by atoms with Gasteiger partial charge in [-0.3, -0.25) is 9.59 Å². The Morgan fingerprint density at radius 3 is 2.63 bits per heavy atom. The van der Waals surface area contributed by atoms with Crippen molar-refractivity contribution >= 4 is 23.2 Å². The first-order valence-electron chi connectivity index (χ1n) is 9.62. The molecule has 1 N–H and O–H groups in total. The second kappa shape index (κ2) is 8.29. The molecule has 0 saturated heterocycles. The van der Waals surface area contributed by atoms with Gasteiger partial charge in [-0.1, -0.05) is 30.3 Å². The van der Waals surface area contributed by atoms with Crippen LogP contribution in [0, 0.1) is 6.92 Å². The van der Waals surface area contributed by atoms with E-state index in [1.165, 1.54) is 0 Å². The summed E-state index contributed by atoms with van der Waals surface area (Å²) in [5, 5.41) is 2.89. The fourth-order valence-electron chi connectivity index (χ4n) is 3.39. The number of ether oxygens (including phenoxy) is 2. The van der Waals surface area contributed by atoms with Crippen LogP contribution in [0.4, 0.5) is 11.4 Å². The monoisotopic (exact) mass is 402 g/mol. The van der Waals surface area contributed by atoms with Crippen LogP contribution in [-0.2, 0) is 11.3 Å². The summed E-state index contributed by atoms with van der Waals surface area (Å²) in [4.78, 5) is 26.7. The highest BCUT2D eigenvalue weighted by Gasteiger charge is 2.25. The molecule has 1 heterocycles. The summed E-state index contributed by atoms with van der Waals surface area (Å²) in [6.45, 7) is 2.39. The third-order valence-corrected chi connectivity index (χ3v) is 4.97. The molecule has 0 atom stereocenters. The molecule has 0 unspecified atom stereocenters. The van der Waals surface area contributed by atoms with E-state index in [-0.39, 0.29) is 18.4 Å². The molecule has 30 heavy (non-hydrogen) atoms. The van der Waals surface area contributed by atoms with Gasteiger partial charge < -0.3 is 19.7 Å². The lowest BCUT2D eigenvalue weighted by atomic mass is 10.1. The van der Waals surface area contributed by atoms with E-state index in [2.05, 4.69) is 5.32 Å². The van der Waals surface area contributed by atoms with Crippen LogP contribution >= 0.6 is 0 Å². The molecule has 3 aromatic rings. The van der Waals surface area contributed by atoms with Gasteiger partial charge in [0.15, 0.2) is 6.61 Å². The number of benzene rings is 3. The van der Waals surface area contributed by atoms with Crippen molar-refractivity contribution in [2.24, 2.45) is 0 Å². The Morgan fingerprint density at radius 1 is 1.10 bits per heavy atom. The summed E-state index contributed by atoms with van der Waals surface area (Å²) in [7, 11) is 1.57. The third kappa shape index (κ3) is 3.98. The Hall–Kier alpha value is -3.80. The number of fused-ring (bicyclic) bond motifs is 1. The van der Waals surface area contributed by atoms with Crippen molar-refractivity contribution in [1.82, 2.24) is 0 Å². The van der Waals surface area contributed by atoms with Crippen molar-refractivity contribution in [3.63, 3.8) is 0 Å². The number of hydrogen-bond donors (Lipinski definition) is 1. The molecule has 0 radical (unpaired) electrons. The molecule has 6 nitrogen and oxygen atoms in total. The zero-order valence-corrected chi connectivity index (χ0v) is 16.8. The lowest BCUT2D eigenvalue weighted by Crippen LogP contribution is -2.38. The molecular weight excluding hydrogens is 380 g/mol. The van der Waals surface area contributed by atoms with Gasteiger partial charge in [0.1, 0.15) is 11.5 Å². The Bertz CT molecular complexity index is 1090. The highest BCUT2D eigenvalue weighted by molar-refractivity contribution is 6.05. The van der Waals surface area contributed by atoms with Crippen molar-refractivity contribution < 1.29 is 19.1 Å². The van der Waals surface area contributed by atoms with Crippen molar-refractivity contribution in [3.05, 3.63) is 83.4 Å². The molecule has 2 amide bonds. The molecule has 6 heteroatoms. The van der Waals surface area contributed by atoms with Crippen LogP contribution < -0.4 is 19.7 Å². The molecule has 1 aliphatic rings. The summed E-state index contributed by atoms with van der Waals surface area (Å²) in [5.41, 5.74) is 3.85. The van der Waals surface area contributed by atoms with Crippen molar-refractivity contribution in [2.45, 2.75) is 13.5 Å². The van der Waals surface area contributed by atoms with Gasteiger partial charge in [0.25, 0.3) is 11.8 Å². The number of rotatable bonds is 5. The van der Waals surface area contributed by atoms with E-state index < -0.39 is 0 Å². The summed E-state index contributed by atoms with van der Waals surface area (Å²) >= 11 is 0. The summed E-state index contributed by atoms with van der Waals surface area (Å²) in [6.07, 6.45) is 0. The number of aryl methyl sites for hydroxylation is 1. The van der Waals surface area contributed by atoms with Gasteiger partial charge in [0.2, 0.25) is 0 Å². The highest BCUT2D eigenvalue weighted by atomic mass is 16.5. The van der Waals surface area contributed by atoms with Crippen LogP contribution in [0.5, 0.6) is 11.5 Å². The SMILES string of the molecule is COc1ccc(C)cc1NC(=O)c1ccc(CN2C(=O)COc3ccccc32)cc1. The number of nitrogens with one attached hydrogen (secondary N) is 1. The van der Waals surface area contributed by atoms with Crippen LogP contribution in [0.15, 0.2) is 66.7 Å². The summed E-state index contributed by atoms with van der Waals surface area (Å²) < 4.78 is 10.8. The maximum atomic E-state index is 12.7. The van der Waals surface area contributed by atoms with E-state index in [0.29, 0.717) is 29.3 Å². The normalized spacial score (nSPS) is 12.7. The predicted molar refractivity (Wildman–Crippen MR) is 115 cm³/mol. The number of anilines is 2. The smallest absolute Gasteiger partial charge is 0.265 e. The summed E-state index contributed by atoms with van der Waals surface area (Å²) in [6, 6.07) is 20.3. The number of nitrogens with zero attached hydrogens (tertiary/aromatic N) is 1. The molecule has 1 aliphatic heterocycles. The average molecular weight is 402 g/mol. The van der Waals surface area contributed by atoms with E-state index in [1.807, 2.05) is 61.5 Å². The molecule has 0 aromatic heterocycles. The minimum atomic E-state index is -0.224.